The molecule has 0 atom stereocenters. The van der Waals surface area contributed by atoms with Crippen LogP contribution in [0.5, 0.6) is 0 Å². The summed E-state index contributed by atoms with van der Waals surface area (Å²) in [5.41, 5.74) is 3.95. The maximum atomic E-state index is 12.2. The van der Waals surface area contributed by atoms with Gasteiger partial charge in [-0.2, -0.15) is 0 Å². The summed E-state index contributed by atoms with van der Waals surface area (Å²) < 4.78 is 6.84. The van der Waals surface area contributed by atoms with E-state index in [1.165, 1.54) is 0 Å². The van der Waals surface area contributed by atoms with Gasteiger partial charge in [0.1, 0.15) is 11.4 Å². The van der Waals surface area contributed by atoms with Gasteiger partial charge in [-0.15, -0.1) is 0 Å². The van der Waals surface area contributed by atoms with Crippen molar-refractivity contribution in [2.24, 2.45) is 5.92 Å². The highest BCUT2D eigenvalue weighted by Crippen LogP contribution is 2.41. The van der Waals surface area contributed by atoms with Gasteiger partial charge in [-0.3, -0.25) is 9.59 Å². The van der Waals surface area contributed by atoms with E-state index in [2.05, 4.69) is 41.7 Å². The molecule has 4 nitrogen and oxygen atoms in total. The average molecular weight is 478 g/mol. The van der Waals surface area contributed by atoms with Gasteiger partial charge in [0.25, 0.3) is 0 Å². The molecule has 0 saturated carbocycles. The van der Waals surface area contributed by atoms with Gasteiger partial charge in [-0.1, -0.05) is 117 Å². The maximum absolute atomic E-state index is 12.2. The third kappa shape index (κ3) is 5.78. The molecule has 0 heterocycles. The molecular weight excluding hydrogens is 446 g/mol. The lowest BCUT2D eigenvalue weighted by Gasteiger charge is -2.36. The SMILES string of the molecule is CC(C)C(=O)CC(=O)Nc1ccc(COC(c2ccccc2)(c2ccccc2)c2ccccc2)cc1. The lowest BCUT2D eigenvalue weighted by atomic mass is 9.80. The average Bonchev–Trinajstić information content (AvgIpc) is 2.91. The van der Waals surface area contributed by atoms with E-state index in [9.17, 15) is 9.59 Å². The Kier molecular flexibility index (Phi) is 8.09. The van der Waals surface area contributed by atoms with Crippen LogP contribution in [-0.2, 0) is 26.5 Å². The lowest BCUT2D eigenvalue weighted by Crippen LogP contribution is -2.32. The van der Waals surface area contributed by atoms with Gasteiger partial charge < -0.3 is 10.1 Å². The Bertz CT molecular complexity index is 1170. The van der Waals surface area contributed by atoms with Crippen molar-refractivity contribution >= 4 is 17.4 Å². The molecule has 0 aliphatic heterocycles. The third-order valence-electron chi connectivity index (χ3n) is 6.21. The summed E-state index contributed by atoms with van der Waals surface area (Å²) in [5, 5.41) is 2.80. The minimum atomic E-state index is -0.798. The quantitative estimate of drug-likeness (QED) is 0.203. The molecule has 36 heavy (non-hydrogen) atoms. The molecule has 0 aromatic heterocycles. The number of rotatable bonds is 10. The fourth-order valence-corrected chi connectivity index (χ4v) is 4.21. The number of ketones is 1. The fourth-order valence-electron chi connectivity index (χ4n) is 4.21. The van der Waals surface area contributed by atoms with E-state index in [0.717, 1.165) is 22.3 Å². The number of Topliss-reactive ketones (excluding diaryl/α,β-unsaturated/α-hetero) is 1. The molecule has 4 heteroatoms. The van der Waals surface area contributed by atoms with E-state index < -0.39 is 5.60 Å². The van der Waals surface area contributed by atoms with E-state index in [1.807, 2.05) is 78.9 Å². The Balaban J connectivity index is 1.60. The number of benzene rings is 4. The van der Waals surface area contributed by atoms with Gasteiger partial charge >= 0.3 is 0 Å². The second kappa shape index (κ2) is 11.6. The van der Waals surface area contributed by atoms with Gasteiger partial charge in [0.2, 0.25) is 5.91 Å². The molecule has 4 aromatic carbocycles. The van der Waals surface area contributed by atoms with E-state index >= 15 is 0 Å². The standard InChI is InChI=1S/C32H31NO3/c1-24(2)30(34)22-31(35)33-29-20-18-25(19-21-29)23-36-32(26-12-6-3-7-13-26,27-14-8-4-9-15-27)28-16-10-5-11-17-28/h3-21,24H,22-23H2,1-2H3,(H,33,35). The van der Waals surface area contributed by atoms with Crippen LogP contribution in [0.1, 0.15) is 42.5 Å². The van der Waals surface area contributed by atoms with E-state index in [1.54, 1.807) is 13.8 Å². The van der Waals surface area contributed by atoms with Crippen LogP contribution in [-0.4, -0.2) is 11.7 Å². The predicted molar refractivity (Wildman–Crippen MR) is 144 cm³/mol. The first-order valence-electron chi connectivity index (χ1n) is 12.2. The summed E-state index contributed by atoms with van der Waals surface area (Å²) in [6.45, 7) is 3.95. The molecule has 0 fully saturated rings. The molecule has 1 amide bonds. The van der Waals surface area contributed by atoms with Gasteiger partial charge in [0, 0.05) is 11.6 Å². The van der Waals surface area contributed by atoms with Crippen molar-refractivity contribution in [3.63, 3.8) is 0 Å². The summed E-state index contributed by atoms with van der Waals surface area (Å²) in [6, 6.07) is 38.3. The second-order valence-electron chi connectivity index (χ2n) is 9.11. The fraction of sp³-hybridized carbons (Fsp3) is 0.188. The van der Waals surface area contributed by atoms with Crippen molar-refractivity contribution < 1.29 is 14.3 Å². The highest BCUT2D eigenvalue weighted by atomic mass is 16.5. The molecule has 0 aliphatic rings. The van der Waals surface area contributed by atoms with Crippen molar-refractivity contribution in [3.05, 3.63) is 138 Å². The molecule has 0 spiro atoms. The predicted octanol–water partition coefficient (Wildman–Crippen LogP) is 6.75. The zero-order valence-corrected chi connectivity index (χ0v) is 20.7. The number of hydrogen-bond donors (Lipinski definition) is 1. The first-order chi connectivity index (χ1) is 17.5. The summed E-state index contributed by atoms with van der Waals surface area (Å²) in [5.74, 6) is -0.528. The molecule has 182 valence electrons. The molecule has 4 rings (SSSR count). The normalized spacial score (nSPS) is 11.3. The van der Waals surface area contributed by atoms with Gasteiger partial charge in [0.05, 0.1) is 13.0 Å². The Labute approximate surface area is 213 Å². The first-order valence-corrected chi connectivity index (χ1v) is 12.2. The largest absolute Gasteiger partial charge is 0.356 e. The molecule has 1 N–H and O–H groups in total. The molecule has 0 saturated heterocycles. The van der Waals surface area contributed by atoms with Gasteiger partial charge in [0.15, 0.2) is 0 Å². The van der Waals surface area contributed by atoms with Crippen molar-refractivity contribution in [2.75, 3.05) is 5.32 Å². The first kappa shape index (κ1) is 25.1. The van der Waals surface area contributed by atoms with Crippen LogP contribution >= 0.6 is 0 Å². The third-order valence-corrected chi connectivity index (χ3v) is 6.21. The van der Waals surface area contributed by atoms with Crippen LogP contribution < -0.4 is 5.32 Å². The molecule has 0 unspecified atom stereocenters. The number of ether oxygens (including phenoxy) is 1. The lowest BCUT2D eigenvalue weighted by molar-refractivity contribution is -0.127. The number of carbonyl (C=O) groups is 2. The smallest absolute Gasteiger partial charge is 0.231 e. The number of nitrogens with one attached hydrogen (secondary N) is 1. The van der Waals surface area contributed by atoms with Crippen LogP contribution in [0.25, 0.3) is 0 Å². The molecule has 4 aromatic rings. The number of anilines is 1. The second-order valence-corrected chi connectivity index (χ2v) is 9.11. The monoisotopic (exact) mass is 477 g/mol. The summed E-state index contributed by atoms with van der Waals surface area (Å²) >= 11 is 0. The van der Waals surface area contributed by atoms with Crippen LogP contribution in [0, 0.1) is 5.92 Å². The summed E-state index contributed by atoms with van der Waals surface area (Å²) in [6.07, 6.45) is -0.115. The minimum absolute atomic E-state index is 0.0726. The van der Waals surface area contributed by atoms with Crippen LogP contribution in [0.15, 0.2) is 115 Å². The summed E-state index contributed by atoms with van der Waals surface area (Å²) in [4.78, 5) is 24.0. The Morgan fingerprint density at radius 1 is 0.694 bits per heavy atom. The Morgan fingerprint density at radius 2 is 1.14 bits per heavy atom. The molecule has 0 aliphatic carbocycles. The number of amides is 1. The highest BCUT2D eigenvalue weighted by molar-refractivity contribution is 6.04. The molecule has 0 bridgehead atoms. The van der Waals surface area contributed by atoms with E-state index in [4.69, 9.17) is 4.74 Å². The molecular formula is C32H31NO3. The maximum Gasteiger partial charge on any atom is 0.231 e. The van der Waals surface area contributed by atoms with E-state index in [0.29, 0.717) is 12.3 Å². The Hall–Kier alpha value is -4.02. The minimum Gasteiger partial charge on any atom is -0.356 e. The van der Waals surface area contributed by atoms with E-state index in [-0.39, 0.29) is 24.0 Å². The van der Waals surface area contributed by atoms with Crippen molar-refractivity contribution in [2.45, 2.75) is 32.5 Å². The van der Waals surface area contributed by atoms with Crippen molar-refractivity contribution in [1.82, 2.24) is 0 Å². The highest BCUT2D eigenvalue weighted by Gasteiger charge is 2.37. The topological polar surface area (TPSA) is 55.4 Å². The summed E-state index contributed by atoms with van der Waals surface area (Å²) in [7, 11) is 0. The Morgan fingerprint density at radius 3 is 1.56 bits per heavy atom. The van der Waals surface area contributed by atoms with Crippen LogP contribution in [0.4, 0.5) is 5.69 Å². The van der Waals surface area contributed by atoms with Crippen LogP contribution in [0.2, 0.25) is 0 Å². The zero-order valence-electron chi connectivity index (χ0n) is 20.7. The van der Waals surface area contributed by atoms with Crippen LogP contribution in [0.3, 0.4) is 0 Å². The number of carbonyl (C=O) groups excluding carboxylic acids is 2. The van der Waals surface area contributed by atoms with Gasteiger partial charge in [-0.25, -0.2) is 0 Å². The number of hydrogen-bond acceptors (Lipinski definition) is 3. The van der Waals surface area contributed by atoms with Crippen molar-refractivity contribution in [3.8, 4) is 0 Å². The van der Waals surface area contributed by atoms with Gasteiger partial charge in [-0.05, 0) is 34.4 Å². The molecule has 0 radical (unpaired) electrons. The zero-order chi connectivity index (χ0) is 25.4. The van der Waals surface area contributed by atoms with Crippen molar-refractivity contribution in [1.29, 1.82) is 0 Å².